The number of ketones is 1. The van der Waals surface area contributed by atoms with E-state index >= 15 is 0 Å². The van der Waals surface area contributed by atoms with E-state index in [-0.39, 0.29) is 69.9 Å². The average Bonchev–Trinajstić information content (AvgIpc) is 3.44. The third kappa shape index (κ3) is 2.96. The van der Waals surface area contributed by atoms with Crippen LogP contribution in [0.2, 0.25) is 0 Å². The first-order chi connectivity index (χ1) is 16.7. The summed E-state index contributed by atoms with van der Waals surface area (Å²) in [6.07, 6.45) is 5.60. The summed E-state index contributed by atoms with van der Waals surface area (Å²) in [5.74, 6) is 0.982. The first-order valence-corrected chi connectivity index (χ1v) is 14.5. The van der Waals surface area contributed by atoms with E-state index in [9.17, 15) is 19.8 Å². The van der Waals surface area contributed by atoms with Crippen LogP contribution >= 0.6 is 0 Å². The van der Waals surface area contributed by atoms with Crippen LogP contribution in [0.3, 0.4) is 0 Å². The summed E-state index contributed by atoms with van der Waals surface area (Å²) < 4.78 is 0. The molecule has 0 bridgehead atoms. The number of nitrogens with one attached hydrogen (secondary N) is 1. The molecule has 5 rings (SSSR count). The molecule has 0 aromatic carbocycles. The fraction of sp³-hybridized carbons (Fsp3) is 0.933. The Balaban J connectivity index is 1.51. The van der Waals surface area contributed by atoms with Crippen molar-refractivity contribution >= 4 is 11.7 Å². The van der Waals surface area contributed by atoms with Crippen LogP contribution in [0.5, 0.6) is 0 Å². The molecule has 0 saturated heterocycles. The van der Waals surface area contributed by atoms with Crippen molar-refractivity contribution in [1.29, 1.82) is 0 Å². The molecule has 2 unspecified atom stereocenters. The van der Waals surface area contributed by atoms with Gasteiger partial charge in [0.1, 0.15) is 5.78 Å². The second-order valence-corrected chi connectivity index (χ2v) is 14.8. The lowest BCUT2D eigenvalue weighted by Crippen LogP contribution is -2.64. The van der Waals surface area contributed by atoms with Gasteiger partial charge in [-0.3, -0.25) is 9.59 Å². The fourth-order valence-electron chi connectivity index (χ4n) is 11.0. The SMILES string of the molecule is CC(C)C(=O)NC1CC[C@]23CC24C(=O)C[C@]2(C)[C@@H]([C@H](C)N(C)C)[C@H](O)C[C@@]2(C)[C@@H]4CC[C@H]3[C@]1(C)CO. The van der Waals surface area contributed by atoms with Crippen LogP contribution in [-0.2, 0) is 9.59 Å². The van der Waals surface area contributed by atoms with E-state index in [1.165, 1.54) is 0 Å². The van der Waals surface area contributed by atoms with Crippen LogP contribution in [0.1, 0.15) is 86.5 Å². The van der Waals surface area contributed by atoms with Crippen molar-refractivity contribution in [2.75, 3.05) is 20.7 Å². The maximum atomic E-state index is 14.4. The molecule has 5 aliphatic carbocycles. The molecule has 0 aromatic heterocycles. The van der Waals surface area contributed by atoms with Crippen LogP contribution < -0.4 is 5.32 Å². The van der Waals surface area contributed by atoms with E-state index < -0.39 is 11.5 Å². The average molecular weight is 503 g/mol. The van der Waals surface area contributed by atoms with Gasteiger partial charge in [-0.25, -0.2) is 0 Å². The minimum Gasteiger partial charge on any atom is -0.396 e. The Morgan fingerprint density at radius 3 is 2.31 bits per heavy atom. The number of nitrogens with zero attached hydrogens (tertiary/aromatic N) is 1. The van der Waals surface area contributed by atoms with Crippen molar-refractivity contribution in [2.24, 2.45) is 50.7 Å². The standard InChI is InChI=1S/C30H50N2O4/c1-17(2)25(36)31-22-11-12-29-15-30(29)21(10-9-20(29)26(22,4)16-33)27(5)13-19(34)24(18(3)32(7)8)28(27,6)14-23(30)35/h17-22,24,33-34H,9-16H2,1-8H3,(H,31,36)/t18-,19+,20-,21-,22?,24-,26-,27-,28+,29+,30?/m0/s1. The largest absolute Gasteiger partial charge is 0.396 e. The second kappa shape index (κ2) is 8.02. The molecule has 5 aliphatic rings. The molecule has 1 amide bonds. The zero-order valence-corrected chi connectivity index (χ0v) is 23.9. The van der Waals surface area contributed by atoms with Crippen LogP contribution in [0.15, 0.2) is 0 Å². The van der Waals surface area contributed by atoms with Gasteiger partial charge in [0.2, 0.25) is 5.91 Å². The number of aliphatic hydroxyl groups excluding tert-OH is 2. The van der Waals surface area contributed by atoms with Crippen molar-refractivity contribution in [3.63, 3.8) is 0 Å². The monoisotopic (exact) mass is 502 g/mol. The molecule has 5 saturated carbocycles. The van der Waals surface area contributed by atoms with Crippen molar-refractivity contribution in [1.82, 2.24) is 10.2 Å². The Hall–Kier alpha value is -0.980. The summed E-state index contributed by atoms with van der Waals surface area (Å²) in [7, 11) is 4.16. The number of carbonyl (C=O) groups is 2. The second-order valence-electron chi connectivity index (χ2n) is 14.8. The van der Waals surface area contributed by atoms with Gasteiger partial charge < -0.3 is 20.4 Å². The van der Waals surface area contributed by atoms with Crippen LogP contribution in [-0.4, -0.2) is 65.7 Å². The summed E-state index contributed by atoms with van der Waals surface area (Å²) in [6, 6.07) is 0.149. The minimum absolute atomic E-state index is 0.0352. The molecule has 0 radical (unpaired) electrons. The van der Waals surface area contributed by atoms with E-state index in [0.717, 1.165) is 38.5 Å². The Labute approximate surface area is 218 Å². The minimum atomic E-state index is -0.420. The lowest BCUT2D eigenvalue weighted by Gasteiger charge is -2.63. The molecule has 6 heteroatoms. The lowest BCUT2D eigenvalue weighted by atomic mass is 9.41. The molecule has 0 heterocycles. The van der Waals surface area contributed by atoms with Crippen molar-refractivity contribution < 1.29 is 19.8 Å². The van der Waals surface area contributed by atoms with E-state index in [2.05, 4.69) is 52.0 Å². The highest BCUT2D eigenvalue weighted by molar-refractivity contribution is 5.92. The fourth-order valence-corrected chi connectivity index (χ4v) is 11.0. The van der Waals surface area contributed by atoms with Crippen molar-refractivity contribution in [3.8, 4) is 0 Å². The lowest BCUT2D eigenvalue weighted by molar-refractivity contribution is -0.173. The summed E-state index contributed by atoms with van der Waals surface area (Å²) in [4.78, 5) is 29.2. The van der Waals surface area contributed by atoms with Gasteiger partial charge in [-0.1, -0.05) is 34.6 Å². The Kier molecular flexibility index (Phi) is 5.93. The van der Waals surface area contributed by atoms with Gasteiger partial charge in [0.25, 0.3) is 0 Å². The molecular formula is C30H50N2O4. The van der Waals surface area contributed by atoms with Gasteiger partial charge in [-0.15, -0.1) is 0 Å². The molecule has 5 fully saturated rings. The third-order valence-corrected chi connectivity index (χ3v) is 13.2. The number of amides is 1. The quantitative estimate of drug-likeness (QED) is 0.534. The zero-order valence-electron chi connectivity index (χ0n) is 23.9. The maximum absolute atomic E-state index is 14.4. The van der Waals surface area contributed by atoms with Crippen LogP contribution in [0.4, 0.5) is 0 Å². The Morgan fingerprint density at radius 2 is 1.72 bits per heavy atom. The van der Waals surface area contributed by atoms with Crippen LogP contribution in [0.25, 0.3) is 0 Å². The number of hydrogen-bond donors (Lipinski definition) is 3. The summed E-state index contributed by atoms with van der Waals surface area (Å²) in [5, 5.41) is 25.5. The molecular weight excluding hydrogens is 452 g/mol. The highest BCUT2D eigenvalue weighted by atomic mass is 16.3. The summed E-state index contributed by atoms with van der Waals surface area (Å²) in [5.41, 5.74) is -1.10. The Morgan fingerprint density at radius 1 is 1.08 bits per heavy atom. The van der Waals surface area contributed by atoms with Gasteiger partial charge in [-0.2, -0.15) is 0 Å². The summed E-state index contributed by atoms with van der Waals surface area (Å²) in [6.45, 7) is 12.9. The van der Waals surface area contributed by atoms with Gasteiger partial charge in [0.05, 0.1) is 12.7 Å². The molecule has 6 nitrogen and oxygen atoms in total. The molecule has 36 heavy (non-hydrogen) atoms. The van der Waals surface area contributed by atoms with E-state index in [0.29, 0.717) is 12.2 Å². The highest BCUT2D eigenvalue weighted by Gasteiger charge is 2.86. The van der Waals surface area contributed by atoms with Crippen molar-refractivity contribution in [3.05, 3.63) is 0 Å². The number of fused-ring (bicyclic) bond motifs is 2. The maximum Gasteiger partial charge on any atom is 0.222 e. The third-order valence-electron chi connectivity index (χ3n) is 13.2. The predicted molar refractivity (Wildman–Crippen MR) is 140 cm³/mol. The highest BCUT2D eigenvalue weighted by Crippen LogP contribution is 2.87. The normalized spacial score (nSPS) is 52.3. The molecule has 204 valence electrons. The smallest absolute Gasteiger partial charge is 0.222 e. The number of rotatable bonds is 5. The number of hydrogen-bond acceptors (Lipinski definition) is 5. The molecule has 0 aromatic rings. The molecule has 0 aliphatic heterocycles. The molecule has 11 atom stereocenters. The van der Waals surface area contributed by atoms with Gasteiger partial charge in [-0.05, 0) is 87.6 Å². The summed E-state index contributed by atoms with van der Waals surface area (Å²) >= 11 is 0. The first-order valence-electron chi connectivity index (χ1n) is 14.5. The zero-order chi connectivity index (χ0) is 26.6. The van der Waals surface area contributed by atoms with Gasteiger partial charge in [0.15, 0.2) is 0 Å². The number of carbonyl (C=O) groups excluding carboxylic acids is 2. The number of Topliss-reactive ketones (excluding diaryl/α,β-unsaturated/α-hetero) is 1. The molecule has 3 N–H and O–H groups in total. The van der Waals surface area contributed by atoms with Gasteiger partial charge in [0, 0.05) is 41.2 Å². The van der Waals surface area contributed by atoms with E-state index in [1.807, 2.05) is 13.8 Å². The Bertz CT molecular complexity index is 951. The topological polar surface area (TPSA) is 89.9 Å². The first kappa shape index (κ1) is 26.6. The van der Waals surface area contributed by atoms with E-state index in [4.69, 9.17) is 0 Å². The van der Waals surface area contributed by atoms with Crippen LogP contribution in [0, 0.1) is 50.7 Å². The predicted octanol–water partition coefficient (Wildman–Crippen LogP) is 3.64. The van der Waals surface area contributed by atoms with Crippen molar-refractivity contribution in [2.45, 2.75) is 105 Å². The number of aliphatic hydroxyl groups is 2. The van der Waals surface area contributed by atoms with Gasteiger partial charge >= 0.3 is 0 Å². The molecule has 2 spiro atoms. The van der Waals surface area contributed by atoms with E-state index in [1.54, 1.807) is 0 Å².